The molecule has 0 saturated carbocycles. The number of amides is 2. The third-order valence-electron chi connectivity index (χ3n) is 4.13. The Morgan fingerprint density at radius 2 is 1.91 bits per heavy atom. The minimum Gasteiger partial charge on any atom is -0.481 e. The second-order valence-electron chi connectivity index (χ2n) is 6.08. The van der Waals surface area contributed by atoms with E-state index in [2.05, 4.69) is 5.32 Å². The summed E-state index contributed by atoms with van der Waals surface area (Å²) in [6.07, 6.45) is 0.409. The number of nitrogens with one attached hydrogen (secondary N) is 1. The van der Waals surface area contributed by atoms with Gasteiger partial charge in [0.1, 0.15) is 6.04 Å². The number of carboxylic acids is 1. The van der Waals surface area contributed by atoms with E-state index in [0.717, 1.165) is 0 Å². The van der Waals surface area contributed by atoms with Crippen molar-refractivity contribution in [3.05, 3.63) is 34.9 Å². The predicted molar refractivity (Wildman–Crippen MR) is 85.3 cm³/mol. The fraction of sp³-hybridized carbons (Fsp3) is 0.438. The number of hydrogen-bond donors (Lipinski definition) is 2. The molecule has 124 valence electrons. The Morgan fingerprint density at radius 1 is 1.30 bits per heavy atom. The average molecular weight is 339 g/mol. The lowest BCUT2D eigenvalue weighted by molar-refractivity contribution is -0.147. The number of carboxylic acid groups (broad SMARTS) is 1. The van der Waals surface area contributed by atoms with Crippen molar-refractivity contribution in [3.8, 4) is 0 Å². The van der Waals surface area contributed by atoms with Crippen LogP contribution in [0.3, 0.4) is 0 Å². The quantitative estimate of drug-likeness (QED) is 0.876. The van der Waals surface area contributed by atoms with E-state index in [1.807, 2.05) is 0 Å². The van der Waals surface area contributed by atoms with Crippen LogP contribution in [0.4, 0.5) is 0 Å². The summed E-state index contributed by atoms with van der Waals surface area (Å²) in [6, 6.07) is 5.62. The van der Waals surface area contributed by atoms with Crippen LogP contribution in [0.1, 0.15) is 30.6 Å². The van der Waals surface area contributed by atoms with Gasteiger partial charge >= 0.3 is 5.97 Å². The van der Waals surface area contributed by atoms with E-state index in [9.17, 15) is 19.5 Å². The fourth-order valence-electron chi connectivity index (χ4n) is 2.54. The minimum atomic E-state index is -0.921. The smallest absolute Gasteiger partial charge is 0.311 e. The molecule has 1 aromatic carbocycles. The predicted octanol–water partition coefficient (Wildman–Crippen LogP) is 1.78. The summed E-state index contributed by atoms with van der Waals surface area (Å²) in [7, 11) is 0. The zero-order chi connectivity index (χ0) is 17.2. The standard InChI is InChI=1S/C16H19ClN2O4/c1-10(18-13(20)11-3-5-12(17)6-4-11)14(21)19-8-7-16(2,9-19)15(22)23/h3-6,10H,7-9H2,1-2H3,(H,18,20)(H,22,23). The minimum absolute atomic E-state index is 0.155. The van der Waals surface area contributed by atoms with Crippen LogP contribution in [-0.2, 0) is 9.59 Å². The first-order chi connectivity index (χ1) is 10.7. The van der Waals surface area contributed by atoms with E-state index >= 15 is 0 Å². The van der Waals surface area contributed by atoms with Crippen molar-refractivity contribution < 1.29 is 19.5 Å². The molecule has 0 spiro atoms. The molecule has 1 heterocycles. The second-order valence-corrected chi connectivity index (χ2v) is 6.51. The molecule has 2 unspecified atom stereocenters. The maximum Gasteiger partial charge on any atom is 0.311 e. The van der Waals surface area contributed by atoms with Gasteiger partial charge in [0.2, 0.25) is 5.91 Å². The highest BCUT2D eigenvalue weighted by Gasteiger charge is 2.42. The number of carbonyl (C=O) groups excluding carboxylic acids is 2. The summed E-state index contributed by atoms with van der Waals surface area (Å²) >= 11 is 5.77. The van der Waals surface area contributed by atoms with E-state index in [4.69, 9.17) is 11.6 Å². The molecule has 1 aliphatic rings. The summed E-state index contributed by atoms with van der Waals surface area (Å²) in [5.41, 5.74) is -0.513. The summed E-state index contributed by atoms with van der Waals surface area (Å²) in [5, 5.41) is 12.4. The molecule has 0 aliphatic carbocycles. The lowest BCUT2D eigenvalue weighted by Gasteiger charge is -2.23. The molecule has 2 N–H and O–H groups in total. The van der Waals surface area contributed by atoms with E-state index in [1.54, 1.807) is 38.1 Å². The van der Waals surface area contributed by atoms with Gasteiger partial charge in [-0.25, -0.2) is 0 Å². The van der Waals surface area contributed by atoms with Crippen LogP contribution in [0.25, 0.3) is 0 Å². The van der Waals surface area contributed by atoms with Crippen LogP contribution >= 0.6 is 11.6 Å². The number of aliphatic carboxylic acids is 1. The van der Waals surface area contributed by atoms with E-state index in [1.165, 1.54) is 4.90 Å². The molecular formula is C16H19ClN2O4. The molecule has 7 heteroatoms. The van der Waals surface area contributed by atoms with E-state index in [0.29, 0.717) is 23.6 Å². The number of halogens is 1. The van der Waals surface area contributed by atoms with Gasteiger partial charge in [-0.1, -0.05) is 11.6 Å². The lowest BCUT2D eigenvalue weighted by atomic mass is 9.90. The van der Waals surface area contributed by atoms with Gasteiger partial charge in [-0.15, -0.1) is 0 Å². The topological polar surface area (TPSA) is 86.7 Å². The highest BCUT2D eigenvalue weighted by Crippen LogP contribution is 2.30. The molecule has 0 radical (unpaired) electrons. The Bertz CT molecular complexity index is 631. The van der Waals surface area contributed by atoms with Gasteiger partial charge in [-0.3, -0.25) is 14.4 Å². The van der Waals surface area contributed by atoms with Crippen LogP contribution in [-0.4, -0.2) is 46.9 Å². The zero-order valence-corrected chi connectivity index (χ0v) is 13.8. The largest absolute Gasteiger partial charge is 0.481 e. The average Bonchev–Trinajstić information content (AvgIpc) is 2.91. The van der Waals surface area contributed by atoms with Crippen LogP contribution < -0.4 is 5.32 Å². The Balaban J connectivity index is 1.97. The maximum absolute atomic E-state index is 12.4. The van der Waals surface area contributed by atoms with E-state index < -0.39 is 17.4 Å². The molecule has 6 nitrogen and oxygen atoms in total. The molecule has 2 atom stereocenters. The number of hydrogen-bond acceptors (Lipinski definition) is 3. The molecule has 23 heavy (non-hydrogen) atoms. The van der Waals surface area contributed by atoms with E-state index in [-0.39, 0.29) is 18.4 Å². The summed E-state index contributed by atoms with van der Waals surface area (Å²) in [5.74, 6) is -1.56. The second kappa shape index (κ2) is 6.58. The van der Waals surface area contributed by atoms with Crippen LogP contribution in [0.15, 0.2) is 24.3 Å². The number of benzene rings is 1. The SMILES string of the molecule is CC(NC(=O)c1ccc(Cl)cc1)C(=O)N1CCC(C)(C(=O)O)C1. The lowest BCUT2D eigenvalue weighted by Crippen LogP contribution is -2.47. The van der Waals surface area contributed by atoms with Gasteiger partial charge in [0.25, 0.3) is 5.91 Å². The van der Waals surface area contributed by atoms with Crippen LogP contribution in [0.5, 0.6) is 0 Å². The van der Waals surface area contributed by atoms with Crippen LogP contribution in [0, 0.1) is 5.41 Å². The third kappa shape index (κ3) is 3.82. The van der Waals surface area contributed by atoms with Crippen molar-refractivity contribution in [1.82, 2.24) is 10.2 Å². The highest BCUT2D eigenvalue weighted by molar-refractivity contribution is 6.30. The summed E-state index contributed by atoms with van der Waals surface area (Å²) in [6.45, 7) is 3.75. The molecule has 2 amide bonds. The van der Waals surface area contributed by atoms with Crippen molar-refractivity contribution in [1.29, 1.82) is 0 Å². The van der Waals surface area contributed by atoms with Crippen molar-refractivity contribution in [2.24, 2.45) is 5.41 Å². The number of nitrogens with zero attached hydrogens (tertiary/aromatic N) is 1. The highest BCUT2D eigenvalue weighted by atomic mass is 35.5. The van der Waals surface area contributed by atoms with Gasteiger partial charge in [0, 0.05) is 23.7 Å². The molecular weight excluding hydrogens is 320 g/mol. The molecule has 0 bridgehead atoms. The summed E-state index contributed by atoms with van der Waals surface area (Å²) in [4.78, 5) is 37.2. The molecule has 1 saturated heterocycles. The van der Waals surface area contributed by atoms with Crippen molar-refractivity contribution in [2.75, 3.05) is 13.1 Å². The normalized spacial score (nSPS) is 21.8. The van der Waals surface area contributed by atoms with Crippen LogP contribution in [0.2, 0.25) is 5.02 Å². The van der Waals surface area contributed by atoms with Crippen molar-refractivity contribution in [2.45, 2.75) is 26.3 Å². The maximum atomic E-state index is 12.4. The fourth-order valence-corrected chi connectivity index (χ4v) is 2.67. The van der Waals surface area contributed by atoms with Gasteiger partial charge in [-0.05, 0) is 44.5 Å². The first-order valence-electron chi connectivity index (χ1n) is 7.31. The zero-order valence-electron chi connectivity index (χ0n) is 13.0. The molecule has 0 aromatic heterocycles. The molecule has 1 fully saturated rings. The molecule has 1 aromatic rings. The molecule has 2 rings (SSSR count). The Labute approximate surface area is 139 Å². The number of rotatable bonds is 4. The number of carbonyl (C=O) groups is 3. The first kappa shape index (κ1) is 17.3. The summed E-state index contributed by atoms with van der Waals surface area (Å²) < 4.78 is 0. The molecule has 1 aliphatic heterocycles. The van der Waals surface area contributed by atoms with Gasteiger partial charge in [0.15, 0.2) is 0 Å². The first-order valence-corrected chi connectivity index (χ1v) is 7.69. The number of likely N-dealkylation sites (tertiary alicyclic amines) is 1. The Hall–Kier alpha value is -2.08. The van der Waals surface area contributed by atoms with Gasteiger partial charge < -0.3 is 15.3 Å². The Kier molecular flexibility index (Phi) is 4.94. The van der Waals surface area contributed by atoms with Gasteiger partial charge in [0.05, 0.1) is 5.41 Å². The Morgan fingerprint density at radius 3 is 2.43 bits per heavy atom. The van der Waals surface area contributed by atoms with Crippen molar-refractivity contribution >= 4 is 29.4 Å². The van der Waals surface area contributed by atoms with Crippen molar-refractivity contribution in [3.63, 3.8) is 0 Å². The third-order valence-corrected chi connectivity index (χ3v) is 4.38. The van der Waals surface area contributed by atoms with Gasteiger partial charge in [-0.2, -0.15) is 0 Å². The monoisotopic (exact) mass is 338 g/mol.